The lowest BCUT2D eigenvalue weighted by atomic mass is 9.99. The number of allylic oxidation sites excluding steroid dienone is 1. The van der Waals surface area contributed by atoms with Crippen LogP contribution in [-0.4, -0.2) is 87.5 Å². The first-order valence-corrected chi connectivity index (χ1v) is 26.9. The molecule has 368 valence electrons. The Morgan fingerprint density at radius 3 is 1.26 bits per heavy atom. The van der Waals surface area contributed by atoms with Crippen LogP contribution < -0.4 is 5.32 Å². The summed E-state index contributed by atoms with van der Waals surface area (Å²) in [7, 11) is 0. The van der Waals surface area contributed by atoms with Crippen molar-refractivity contribution in [3.05, 3.63) is 12.2 Å². The zero-order valence-corrected chi connectivity index (χ0v) is 40.6. The van der Waals surface area contributed by atoms with E-state index in [0.717, 1.165) is 38.5 Å². The smallest absolute Gasteiger partial charge is 0.220 e. The molecule has 2 unspecified atom stereocenters. The SMILES string of the molecule is CCCCCCCCCC/C=C/[C@@H](O)[C@H](CO[C@@H]1O[C@H](CO)[C@@H](O)C(O)C1O)NC(=O)CCCCCCCCCCCCCCCCCCCCCCCCCCCCCCC. The third-order valence-electron chi connectivity index (χ3n) is 13.1. The van der Waals surface area contributed by atoms with Crippen LogP contribution in [0.15, 0.2) is 12.2 Å². The number of rotatable bonds is 46. The Balaban J connectivity index is 2.11. The molecule has 0 aromatic rings. The molecule has 1 heterocycles. The van der Waals surface area contributed by atoms with Crippen LogP contribution in [0.5, 0.6) is 0 Å². The van der Waals surface area contributed by atoms with Gasteiger partial charge >= 0.3 is 0 Å². The molecule has 0 bridgehead atoms. The van der Waals surface area contributed by atoms with Gasteiger partial charge in [-0.05, 0) is 19.3 Å². The van der Waals surface area contributed by atoms with Crippen molar-refractivity contribution >= 4 is 5.91 Å². The Morgan fingerprint density at radius 2 is 0.887 bits per heavy atom. The summed E-state index contributed by atoms with van der Waals surface area (Å²) < 4.78 is 11.2. The van der Waals surface area contributed by atoms with Crippen LogP contribution in [-0.2, 0) is 14.3 Å². The van der Waals surface area contributed by atoms with E-state index in [0.29, 0.717) is 6.42 Å². The van der Waals surface area contributed by atoms with E-state index in [-0.39, 0.29) is 12.5 Å². The highest BCUT2D eigenvalue weighted by Gasteiger charge is 2.44. The van der Waals surface area contributed by atoms with Crippen LogP contribution in [0.25, 0.3) is 0 Å². The molecule has 1 aliphatic heterocycles. The maximum Gasteiger partial charge on any atom is 0.220 e. The zero-order chi connectivity index (χ0) is 45.1. The number of ether oxygens (including phenoxy) is 2. The van der Waals surface area contributed by atoms with Crippen molar-refractivity contribution in [1.82, 2.24) is 5.32 Å². The number of nitrogens with one attached hydrogen (secondary N) is 1. The van der Waals surface area contributed by atoms with E-state index in [1.165, 1.54) is 205 Å². The van der Waals surface area contributed by atoms with Gasteiger partial charge in [0.15, 0.2) is 6.29 Å². The lowest BCUT2D eigenvalue weighted by molar-refractivity contribution is -0.302. The van der Waals surface area contributed by atoms with Gasteiger partial charge in [0.1, 0.15) is 24.4 Å². The summed E-state index contributed by atoms with van der Waals surface area (Å²) in [5.41, 5.74) is 0. The van der Waals surface area contributed by atoms with Crippen molar-refractivity contribution in [2.24, 2.45) is 0 Å². The number of carbonyl (C=O) groups is 1. The summed E-state index contributed by atoms with van der Waals surface area (Å²) in [6, 6.07) is -0.798. The number of unbranched alkanes of at least 4 members (excludes halogenated alkanes) is 36. The number of amides is 1. The number of carbonyl (C=O) groups excluding carboxylic acids is 1. The summed E-state index contributed by atoms with van der Waals surface area (Å²) in [6.45, 7) is 3.78. The maximum atomic E-state index is 13.0. The molecule has 62 heavy (non-hydrogen) atoms. The van der Waals surface area contributed by atoms with E-state index in [4.69, 9.17) is 9.47 Å². The van der Waals surface area contributed by atoms with Gasteiger partial charge in [0.2, 0.25) is 5.91 Å². The van der Waals surface area contributed by atoms with Gasteiger partial charge in [0.25, 0.3) is 0 Å². The second-order valence-electron chi connectivity index (χ2n) is 19.0. The molecule has 7 atom stereocenters. The molecule has 0 aliphatic carbocycles. The molecule has 0 spiro atoms. The van der Waals surface area contributed by atoms with Gasteiger partial charge in [-0.2, -0.15) is 0 Å². The number of aliphatic hydroxyl groups is 5. The number of hydrogen-bond donors (Lipinski definition) is 6. The molecule has 1 amide bonds. The first kappa shape index (κ1) is 58.9. The summed E-state index contributed by atoms with van der Waals surface area (Å²) in [6.07, 6.45) is 45.8. The van der Waals surface area contributed by atoms with Gasteiger partial charge in [0, 0.05) is 6.42 Å². The molecule has 0 saturated carbocycles. The third-order valence-corrected chi connectivity index (χ3v) is 13.1. The minimum atomic E-state index is -1.56. The number of hydrogen-bond acceptors (Lipinski definition) is 8. The quantitative estimate of drug-likeness (QED) is 0.0261. The molecule has 9 nitrogen and oxygen atoms in total. The second-order valence-corrected chi connectivity index (χ2v) is 19.0. The largest absolute Gasteiger partial charge is 0.394 e. The minimum absolute atomic E-state index is 0.173. The molecular weight excluding hydrogens is 779 g/mol. The standard InChI is InChI=1S/C53H103NO8/c1-3-5-7-9-11-13-15-16-17-18-19-20-21-22-23-24-25-26-27-28-29-30-31-32-33-35-37-39-41-43-49(57)54-46(45-61-53-52(60)51(59)50(58)48(44-55)62-53)47(56)42-40-38-36-34-14-12-10-8-6-4-2/h40,42,46-48,50-53,55-56,58-60H,3-39,41,43-45H2,1-2H3,(H,54,57)/b42-40+/t46-,47+,48+,50+,51?,52?,53+/m0/s1. The fourth-order valence-corrected chi connectivity index (χ4v) is 8.81. The number of aliphatic hydroxyl groups excluding tert-OH is 5. The Labute approximate surface area is 382 Å². The molecule has 1 saturated heterocycles. The average Bonchev–Trinajstić information content (AvgIpc) is 3.27. The molecule has 1 aliphatic rings. The van der Waals surface area contributed by atoms with Crippen LogP contribution in [0, 0.1) is 0 Å². The van der Waals surface area contributed by atoms with E-state index in [1.54, 1.807) is 6.08 Å². The van der Waals surface area contributed by atoms with Crippen LogP contribution in [0.3, 0.4) is 0 Å². The molecule has 9 heteroatoms. The van der Waals surface area contributed by atoms with Gasteiger partial charge in [-0.3, -0.25) is 4.79 Å². The van der Waals surface area contributed by atoms with Gasteiger partial charge in [-0.25, -0.2) is 0 Å². The average molecular weight is 882 g/mol. The molecular formula is C53H103NO8. The molecule has 0 aromatic heterocycles. The fraction of sp³-hybridized carbons (Fsp3) is 0.943. The maximum absolute atomic E-state index is 13.0. The predicted molar refractivity (Wildman–Crippen MR) is 258 cm³/mol. The molecule has 6 N–H and O–H groups in total. The van der Waals surface area contributed by atoms with Crippen LogP contribution in [0.1, 0.15) is 264 Å². The fourth-order valence-electron chi connectivity index (χ4n) is 8.81. The first-order chi connectivity index (χ1) is 30.3. The van der Waals surface area contributed by atoms with E-state index in [1.807, 2.05) is 6.08 Å². The summed E-state index contributed by atoms with van der Waals surface area (Å²) in [4.78, 5) is 13.0. The minimum Gasteiger partial charge on any atom is -0.394 e. The van der Waals surface area contributed by atoms with Crippen molar-refractivity contribution in [3.8, 4) is 0 Å². The van der Waals surface area contributed by atoms with E-state index < -0.39 is 49.5 Å². The normalized spacial score (nSPS) is 20.3. The summed E-state index contributed by atoms with van der Waals surface area (Å²) in [5, 5.41) is 54.2. The van der Waals surface area contributed by atoms with Gasteiger partial charge in [-0.1, -0.05) is 251 Å². The molecule has 1 fully saturated rings. The van der Waals surface area contributed by atoms with Gasteiger partial charge in [0.05, 0.1) is 25.4 Å². The van der Waals surface area contributed by atoms with Gasteiger partial charge in [-0.15, -0.1) is 0 Å². The second kappa shape index (κ2) is 43.8. The van der Waals surface area contributed by atoms with E-state index in [2.05, 4.69) is 19.2 Å². The van der Waals surface area contributed by atoms with Crippen molar-refractivity contribution in [1.29, 1.82) is 0 Å². The Bertz CT molecular complexity index is 981. The van der Waals surface area contributed by atoms with Gasteiger partial charge < -0.3 is 40.3 Å². The van der Waals surface area contributed by atoms with Crippen LogP contribution in [0.4, 0.5) is 0 Å². The first-order valence-electron chi connectivity index (χ1n) is 26.9. The topological polar surface area (TPSA) is 149 Å². The van der Waals surface area contributed by atoms with Crippen molar-refractivity contribution in [2.75, 3.05) is 13.2 Å². The van der Waals surface area contributed by atoms with Crippen molar-refractivity contribution in [2.45, 2.75) is 307 Å². The highest BCUT2D eigenvalue weighted by atomic mass is 16.7. The Hall–Kier alpha value is -1.07. The lowest BCUT2D eigenvalue weighted by Gasteiger charge is -2.40. The molecule has 1 rings (SSSR count). The zero-order valence-electron chi connectivity index (χ0n) is 40.6. The lowest BCUT2D eigenvalue weighted by Crippen LogP contribution is -2.60. The van der Waals surface area contributed by atoms with E-state index in [9.17, 15) is 30.3 Å². The molecule has 0 aromatic carbocycles. The van der Waals surface area contributed by atoms with Crippen LogP contribution >= 0.6 is 0 Å². The van der Waals surface area contributed by atoms with E-state index >= 15 is 0 Å². The van der Waals surface area contributed by atoms with Crippen molar-refractivity contribution in [3.63, 3.8) is 0 Å². The third kappa shape index (κ3) is 33.4. The highest BCUT2D eigenvalue weighted by molar-refractivity contribution is 5.76. The predicted octanol–water partition coefficient (Wildman–Crippen LogP) is 12.5. The summed E-state index contributed by atoms with van der Waals surface area (Å²) >= 11 is 0. The monoisotopic (exact) mass is 882 g/mol. The summed E-state index contributed by atoms with van der Waals surface area (Å²) in [5.74, 6) is -0.173. The highest BCUT2D eigenvalue weighted by Crippen LogP contribution is 2.23. The molecule has 0 radical (unpaired) electrons. The van der Waals surface area contributed by atoms with Crippen molar-refractivity contribution < 1.29 is 39.8 Å². The Kier molecular flexibility index (Phi) is 41.6. The Morgan fingerprint density at radius 1 is 0.532 bits per heavy atom. The van der Waals surface area contributed by atoms with Crippen LogP contribution in [0.2, 0.25) is 0 Å².